The fourth-order valence-electron chi connectivity index (χ4n) is 1.51. The zero-order chi connectivity index (χ0) is 12.7. The van der Waals surface area contributed by atoms with Gasteiger partial charge in [-0.2, -0.15) is 0 Å². The molecule has 1 atom stereocenters. The van der Waals surface area contributed by atoms with E-state index in [0.717, 1.165) is 25.3 Å². The van der Waals surface area contributed by atoms with Crippen molar-refractivity contribution < 1.29 is 9.13 Å². The quantitative estimate of drug-likeness (QED) is 0.788. The van der Waals surface area contributed by atoms with Crippen LogP contribution in [-0.4, -0.2) is 19.2 Å². The zero-order valence-electron chi connectivity index (χ0n) is 10.9. The molecule has 3 heteroatoms. The summed E-state index contributed by atoms with van der Waals surface area (Å²) in [6.45, 7) is 8.25. The Balaban J connectivity index is 2.38. The second-order valence-corrected chi connectivity index (χ2v) is 4.65. The van der Waals surface area contributed by atoms with Crippen molar-refractivity contribution in [3.05, 3.63) is 30.1 Å². The van der Waals surface area contributed by atoms with E-state index >= 15 is 0 Å². The zero-order valence-corrected chi connectivity index (χ0v) is 10.9. The van der Waals surface area contributed by atoms with Crippen molar-refractivity contribution >= 4 is 0 Å². The number of halogens is 1. The summed E-state index contributed by atoms with van der Waals surface area (Å²) >= 11 is 0. The molecule has 96 valence electrons. The number of hydrogen-bond donors (Lipinski definition) is 1. The van der Waals surface area contributed by atoms with Crippen LogP contribution >= 0.6 is 0 Å². The Morgan fingerprint density at radius 2 is 1.82 bits per heavy atom. The lowest BCUT2D eigenvalue weighted by Crippen LogP contribution is -2.32. The maximum absolute atomic E-state index is 12.7. The van der Waals surface area contributed by atoms with Crippen LogP contribution in [0.15, 0.2) is 24.3 Å². The molecule has 0 aromatic heterocycles. The van der Waals surface area contributed by atoms with Gasteiger partial charge in [-0.15, -0.1) is 0 Å². The predicted octanol–water partition coefficient (Wildman–Crippen LogP) is 3.23. The lowest BCUT2D eigenvalue weighted by molar-refractivity contribution is 0.192. The summed E-state index contributed by atoms with van der Waals surface area (Å²) in [5.41, 5.74) is 0. The van der Waals surface area contributed by atoms with Crippen molar-refractivity contribution in [3.8, 4) is 5.75 Å². The average Bonchev–Trinajstić information content (AvgIpc) is 2.30. The largest absolute Gasteiger partial charge is 0.489 e. The molecule has 0 spiro atoms. The molecule has 2 nitrogen and oxygen atoms in total. The molecule has 0 saturated carbocycles. The van der Waals surface area contributed by atoms with Gasteiger partial charge in [0, 0.05) is 6.54 Å². The smallest absolute Gasteiger partial charge is 0.123 e. The van der Waals surface area contributed by atoms with Gasteiger partial charge in [0.15, 0.2) is 0 Å². The SMILES string of the molecule is CCC(CNCC(C)C)Oc1ccc(F)cc1. The monoisotopic (exact) mass is 239 g/mol. The predicted molar refractivity (Wildman–Crippen MR) is 68.8 cm³/mol. The lowest BCUT2D eigenvalue weighted by Gasteiger charge is -2.19. The van der Waals surface area contributed by atoms with Crippen molar-refractivity contribution in [2.75, 3.05) is 13.1 Å². The molecule has 0 radical (unpaired) electrons. The van der Waals surface area contributed by atoms with Crippen molar-refractivity contribution in [1.82, 2.24) is 5.32 Å². The summed E-state index contributed by atoms with van der Waals surface area (Å²) in [7, 11) is 0. The fourth-order valence-corrected chi connectivity index (χ4v) is 1.51. The van der Waals surface area contributed by atoms with Crippen molar-refractivity contribution in [3.63, 3.8) is 0 Å². The number of hydrogen-bond acceptors (Lipinski definition) is 2. The van der Waals surface area contributed by atoms with E-state index in [1.165, 1.54) is 12.1 Å². The van der Waals surface area contributed by atoms with Crippen LogP contribution in [-0.2, 0) is 0 Å². The molecule has 1 aromatic carbocycles. The first-order valence-electron chi connectivity index (χ1n) is 6.24. The van der Waals surface area contributed by atoms with Gasteiger partial charge in [0.2, 0.25) is 0 Å². The van der Waals surface area contributed by atoms with E-state index in [1.807, 2.05) is 0 Å². The first-order chi connectivity index (χ1) is 8.11. The maximum atomic E-state index is 12.7. The highest BCUT2D eigenvalue weighted by molar-refractivity contribution is 5.22. The van der Waals surface area contributed by atoms with E-state index in [-0.39, 0.29) is 11.9 Å². The second-order valence-electron chi connectivity index (χ2n) is 4.65. The molecule has 1 aromatic rings. The van der Waals surface area contributed by atoms with Crippen LogP contribution in [0.1, 0.15) is 27.2 Å². The summed E-state index contributed by atoms with van der Waals surface area (Å²) in [6, 6.07) is 6.17. The second kappa shape index (κ2) is 7.28. The molecule has 1 rings (SSSR count). The molecule has 17 heavy (non-hydrogen) atoms. The van der Waals surface area contributed by atoms with Crippen molar-refractivity contribution in [2.45, 2.75) is 33.3 Å². The minimum Gasteiger partial charge on any atom is -0.489 e. The van der Waals surface area contributed by atoms with Gasteiger partial charge in [0.05, 0.1) is 0 Å². The van der Waals surface area contributed by atoms with Crippen LogP contribution in [0, 0.1) is 11.7 Å². The van der Waals surface area contributed by atoms with Gasteiger partial charge in [-0.05, 0) is 43.1 Å². The number of benzene rings is 1. The van der Waals surface area contributed by atoms with Gasteiger partial charge in [0.1, 0.15) is 17.7 Å². The molecular formula is C14H22FNO. The Morgan fingerprint density at radius 1 is 1.18 bits per heavy atom. The number of nitrogens with one attached hydrogen (secondary N) is 1. The average molecular weight is 239 g/mol. The first-order valence-corrected chi connectivity index (χ1v) is 6.24. The van der Waals surface area contributed by atoms with Gasteiger partial charge in [-0.25, -0.2) is 4.39 Å². The molecule has 0 aliphatic rings. The highest BCUT2D eigenvalue weighted by Crippen LogP contribution is 2.14. The Kier molecular flexibility index (Phi) is 5.98. The third-order valence-corrected chi connectivity index (χ3v) is 2.50. The van der Waals surface area contributed by atoms with E-state index in [0.29, 0.717) is 5.92 Å². The molecule has 0 heterocycles. The molecule has 0 amide bonds. The topological polar surface area (TPSA) is 21.3 Å². The Bertz CT molecular complexity index is 311. The molecular weight excluding hydrogens is 217 g/mol. The van der Waals surface area contributed by atoms with E-state index in [2.05, 4.69) is 26.1 Å². The first kappa shape index (κ1) is 14.0. The van der Waals surface area contributed by atoms with E-state index in [1.54, 1.807) is 12.1 Å². The Labute approximate surface area is 103 Å². The third-order valence-electron chi connectivity index (χ3n) is 2.50. The number of rotatable bonds is 7. The molecule has 1 N–H and O–H groups in total. The molecule has 0 fully saturated rings. The molecule has 0 saturated heterocycles. The van der Waals surface area contributed by atoms with Crippen LogP contribution in [0.5, 0.6) is 5.75 Å². The fraction of sp³-hybridized carbons (Fsp3) is 0.571. The highest BCUT2D eigenvalue weighted by Gasteiger charge is 2.08. The van der Waals surface area contributed by atoms with E-state index in [4.69, 9.17) is 4.74 Å². The Morgan fingerprint density at radius 3 is 2.35 bits per heavy atom. The molecule has 0 aliphatic carbocycles. The summed E-state index contributed by atoms with van der Waals surface area (Å²) in [4.78, 5) is 0. The van der Waals surface area contributed by atoms with Crippen LogP contribution in [0.2, 0.25) is 0 Å². The standard InChI is InChI=1S/C14H22FNO/c1-4-13(10-16-9-11(2)3)17-14-7-5-12(15)6-8-14/h5-8,11,13,16H,4,9-10H2,1-3H3. The van der Waals surface area contributed by atoms with Crippen molar-refractivity contribution in [1.29, 1.82) is 0 Å². The maximum Gasteiger partial charge on any atom is 0.123 e. The summed E-state index contributed by atoms with van der Waals surface area (Å²) in [5.74, 6) is 1.13. The number of ether oxygens (including phenoxy) is 1. The summed E-state index contributed by atoms with van der Waals surface area (Å²) < 4.78 is 18.5. The van der Waals surface area contributed by atoms with Gasteiger partial charge in [-0.1, -0.05) is 20.8 Å². The van der Waals surface area contributed by atoms with Crippen molar-refractivity contribution in [2.24, 2.45) is 5.92 Å². The normalized spacial score (nSPS) is 12.8. The van der Waals surface area contributed by atoms with Gasteiger partial charge < -0.3 is 10.1 Å². The summed E-state index contributed by atoms with van der Waals surface area (Å²) in [5, 5.41) is 3.37. The van der Waals surface area contributed by atoms with E-state index < -0.39 is 0 Å². The van der Waals surface area contributed by atoms with E-state index in [9.17, 15) is 4.39 Å². The third kappa shape index (κ3) is 5.68. The van der Waals surface area contributed by atoms with Crippen LogP contribution < -0.4 is 10.1 Å². The van der Waals surface area contributed by atoms with Crippen LogP contribution in [0.25, 0.3) is 0 Å². The lowest BCUT2D eigenvalue weighted by atomic mass is 10.2. The highest BCUT2D eigenvalue weighted by atomic mass is 19.1. The molecule has 0 aliphatic heterocycles. The van der Waals surface area contributed by atoms with Crippen LogP contribution in [0.3, 0.4) is 0 Å². The molecule has 0 bridgehead atoms. The van der Waals surface area contributed by atoms with Gasteiger partial charge >= 0.3 is 0 Å². The molecule has 1 unspecified atom stereocenters. The van der Waals surface area contributed by atoms with Crippen LogP contribution in [0.4, 0.5) is 4.39 Å². The summed E-state index contributed by atoms with van der Waals surface area (Å²) in [6.07, 6.45) is 1.07. The van der Waals surface area contributed by atoms with Gasteiger partial charge in [0.25, 0.3) is 0 Å². The van der Waals surface area contributed by atoms with Gasteiger partial charge in [-0.3, -0.25) is 0 Å². The minimum absolute atomic E-state index is 0.138. The minimum atomic E-state index is -0.233. The Hall–Kier alpha value is -1.09.